The first kappa shape index (κ1) is 14.6. The molecule has 2 N–H and O–H groups in total. The standard InChI is InChI=1S/C13H21N3O2/c1-5-13(18,6-2)8-14-12(17)11-7-9(3)15-16-10(11)4/h7,18H,5-6,8H2,1-4H3,(H,14,17). The monoisotopic (exact) mass is 251 g/mol. The minimum Gasteiger partial charge on any atom is -0.388 e. The number of rotatable bonds is 5. The Morgan fingerprint density at radius 2 is 1.94 bits per heavy atom. The normalized spacial score (nSPS) is 11.4. The number of nitrogens with zero attached hydrogens (tertiary/aromatic N) is 2. The lowest BCUT2D eigenvalue weighted by Crippen LogP contribution is -2.42. The predicted molar refractivity (Wildman–Crippen MR) is 69.4 cm³/mol. The zero-order valence-electron chi connectivity index (χ0n) is 11.4. The van der Waals surface area contributed by atoms with E-state index in [9.17, 15) is 9.90 Å². The Bertz CT molecular complexity index is 428. The van der Waals surface area contributed by atoms with Gasteiger partial charge in [-0.1, -0.05) is 13.8 Å². The van der Waals surface area contributed by atoms with Gasteiger partial charge in [0.15, 0.2) is 0 Å². The molecule has 0 saturated heterocycles. The van der Waals surface area contributed by atoms with Gasteiger partial charge in [-0.2, -0.15) is 10.2 Å². The third kappa shape index (κ3) is 3.50. The summed E-state index contributed by atoms with van der Waals surface area (Å²) in [5.41, 5.74) is 0.970. The van der Waals surface area contributed by atoms with Crippen molar-refractivity contribution in [3.63, 3.8) is 0 Å². The molecule has 100 valence electrons. The lowest BCUT2D eigenvalue weighted by molar-refractivity contribution is 0.0314. The largest absolute Gasteiger partial charge is 0.388 e. The van der Waals surface area contributed by atoms with E-state index in [1.165, 1.54) is 0 Å². The molecule has 18 heavy (non-hydrogen) atoms. The molecule has 0 unspecified atom stereocenters. The summed E-state index contributed by atoms with van der Waals surface area (Å²) >= 11 is 0. The van der Waals surface area contributed by atoms with Gasteiger partial charge in [-0.25, -0.2) is 0 Å². The van der Waals surface area contributed by atoms with Crippen LogP contribution in [0, 0.1) is 13.8 Å². The summed E-state index contributed by atoms with van der Waals surface area (Å²) in [6.07, 6.45) is 1.22. The van der Waals surface area contributed by atoms with Crippen LogP contribution in [0.3, 0.4) is 0 Å². The van der Waals surface area contributed by atoms with Crippen molar-refractivity contribution in [1.29, 1.82) is 0 Å². The number of carbonyl (C=O) groups excluding carboxylic acids is 1. The van der Waals surface area contributed by atoms with Crippen LogP contribution in [-0.4, -0.2) is 33.4 Å². The molecular weight excluding hydrogens is 230 g/mol. The van der Waals surface area contributed by atoms with Crippen LogP contribution in [0.4, 0.5) is 0 Å². The van der Waals surface area contributed by atoms with Gasteiger partial charge in [-0.05, 0) is 32.8 Å². The smallest absolute Gasteiger partial charge is 0.253 e. The molecule has 1 amide bonds. The van der Waals surface area contributed by atoms with Crippen LogP contribution < -0.4 is 5.32 Å². The molecule has 0 aromatic carbocycles. The fraction of sp³-hybridized carbons (Fsp3) is 0.615. The van der Waals surface area contributed by atoms with E-state index in [1.807, 2.05) is 13.8 Å². The van der Waals surface area contributed by atoms with Crippen LogP contribution in [0.25, 0.3) is 0 Å². The summed E-state index contributed by atoms with van der Waals surface area (Å²) in [5, 5.41) is 20.7. The van der Waals surface area contributed by atoms with Crippen LogP contribution in [0.2, 0.25) is 0 Å². The zero-order valence-corrected chi connectivity index (χ0v) is 11.4. The third-order valence-electron chi connectivity index (χ3n) is 3.24. The average Bonchev–Trinajstić information content (AvgIpc) is 2.38. The maximum atomic E-state index is 12.0. The SMILES string of the molecule is CCC(O)(CC)CNC(=O)c1cc(C)nnc1C. The van der Waals surface area contributed by atoms with Crippen molar-refractivity contribution in [2.75, 3.05) is 6.54 Å². The molecule has 1 aromatic heterocycles. The second-order valence-electron chi connectivity index (χ2n) is 4.60. The highest BCUT2D eigenvalue weighted by Gasteiger charge is 2.23. The van der Waals surface area contributed by atoms with Gasteiger partial charge in [0.25, 0.3) is 5.91 Å². The molecule has 0 spiro atoms. The molecule has 1 heterocycles. The van der Waals surface area contributed by atoms with Gasteiger partial charge in [-0.15, -0.1) is 0 Å². The highest BCUT2D eigenvalue weighted by Crippen LogP contribution is 2.13. The first-order chi connectivity index (χ1) is 8.41. The Balaban J connectivity index is 2.74. The summed E-state index contributed by atoms with van der Waals surface area (Å²) in [6, 6.07) is 1.70. The number of aromatic nitrogens is 2. The minimum absolute atomic E-state index is 0.217. The predicted octanol–water partition coefficient (Wildman–Crippen LogP) is 1.37. The number of nitrogens with one attached hydrogen (secondary N) is 1. The van der Waals surface area contributed by atoms with Crippen molar-refractivity contribution < 1.29 is 9.90 Å². The second-order valence-corrected chi connectivity index (χ2v) is 4.60. The van der Waals surface area contributed by atoms with E-state index in [2.05, 4.69) is 15.5 Å². The zero-order chi connectivity index (χ0) is 13.8. The molecule has 0 aliphatic carbocycles. The molecule has 1 aromatic rings. The van der Waals surface area contributed by atoms with E-state index in [-0.39, 0.29) is 12.5 Å². The summed E-state index contributed by atoms with van der Waals surface area (Å²) in [6.45, 7) is 7.59. The lowest BCUT2D eigenvalue weighted by atomic mass is 9.97. The highest BCUT2D eigenvalue weighted by atomic mass is 16.3. The fourth-order valence-electron chi connectivity index (χ4n) is 1.62. The number of amides is 1. The summed E-state index contributed by atoms with van der Waals surface area (Å²) in [5.74, 6) is -0.217. The lowest BCUT2D eigenvalue weighted by Gasteiger charge is -2.25. The number of hydrogen-bond donors (Lipinski definition) is 2. The van der Waals surface area contributed by atoms with Crippen LogP contribution in [0.15, 0.2) is 6.07 Å². The summed E-state index contributed by atoms with van der Waals surface area (Å²) in [4.78, 5) is 12.0. The van der Waals surface area contributed by atoms with Crippen molar-refractivity contribution in [2.24, 2.45) is 0 Å². The van der Waals surface area contributed by atoms with Gasteiger partial charge in [0.05, 0.1) is 22.6 Å². The van der Waals surface area contributed by atoms with Crippen molar-refractivity contribution in [3.8, 4) is 0 Å². The Morgan fingerprint density at radius 3 is 2.50 bits per heavy atom. The quantitative estimate of drug-likeness (QED) is 0.829. The number of aliphatic hydroxyl groups is 1. The molecule has 0 saturated carbocycles. The Kier molecular flexibility index (Phi) is 4.78. The molecule has 0 fully saturated rings. The van der Waals surface area contributed by atoms with E-state index >= 15 is 0 Å². The van der Waals surface area contributed by atoms with Gasteiger partial charge in [0.1, 0.15) is 0 Å². The number of carbonyl (C=O) groups is 1. The van der Waals surface area contributed by atoms with Crippen molar-refractivity contribution in [3.05, 3.63) is 23.0 Å². The van der Waals surface area contributed by atoms with Crippen molar-refractivity contribution in [1.82, 2.24) is 15.5 Å². The maximum absolute atomic E-state index is 12.0. The molecule has 5 heteroatoms. The Hall–Kier alpha value is -1.49. The topological polar surface area (TPSA) is 75.1 Å². The van der Waals surface area contributed by atoms with E-state index in [0.29, 0.717) is 29.8 Å². The average molecular weight is 251 g/mol. The molecular formula is C13H21N3O2. The second kappa shape index (κ2) is 5.91. The first-order valence-corrected chi connectivity index (χ1v) is 6.23. The van der Waals surface area contributed by atoms with E-state index in [1.54, 1.807) is 19.9 Å². The molecule has 0 bridgehead atoms. The van der Waals surface area contributed by atoms with Crippen molar-refractivity contribution >= 4 is 5.91 Å². The number of hydrogen-bond acceptors (Lipinski definition) is 4. The summed E-state index contributed by atoms with van der Waals surface area (Å²) < 4.78 is 0. The van der Waals surface area contributed by atoms with Gasteiger partial charge in [0, 0.05) is 6.54 Å². The van der Waals surface area contributed by atoms with Gasteiger partial charge in [0.2, 0.25) is 0 Å². The van der Waals surface area contributed by atoms with Gasteiger partial charge >= 0.3 is 0 Å². The Labute approximate surface area is 108 Å². The summed E-state index contributed by atoms with van der Waals surface area (Å²) in [7, 11) is 0. The van der Waals surface area contributed by atoms with E-state index < -0.39 is 5.60 Å². The molecule has 0 aliphatic heterocycles. The third-order valence-corrected chi connectivity index (χ3v) is 3.24. The van der Waals surface area contributed by atoms with Crippen LogP contribution >= 0.6 is 0 Å². The molecule has 0 aliphatic rings. The molecule has 0 radical (unpaired) electrons. The highest BCUT2D eigenvalue weighted by molar-refractivity contribution is 5.95. The van der Waals surface area contributed by atoms with Gasteiger partial charge in [-0.3, -0.25) is 4.79 Å². The van der Waals surface area contributed by atoms with E-state index in [0.717, 1.165) is 0 Å². The fourth-order valence-corrected chi connectivity index (χ4v) is 1.62. The van der Waals surface area contributed by atoms with Crippen LogP contribution in [0.1, 0.15) is 48.4 Å². The molecule has 5 nitrogen and oxygen atoms in total. The van der Waals surface area contributed by atoms with E-state index in [4.69, 9.17) is 0 Å². The maximum Gasteiger partial charge on any atom is 0.253 e. The minimum atomic E-state index is -0.834. The van der Waals surface area contributed by atoms with Crippen molar-refractivity contribution in [2.45, 2.75) is 46.1 Å². The van der Waals surface area contributed by atoms with Gasteiger partial charge < -0.3 is 10.4 Å². The van der Waals surface area contributed by atoms with Crippen LogP contribution in [0.5, 0.6) is 0 Å². The molecule has 0 atom stereocenters. The number of aryl methyl sites for hydroxylation is 2. The Morgan fingerprint density at radius 1 is 1.33 bits per heavy atom. The first-order valence-electron chi connectivity index (χ1n) is 6.23. The van der Waals surface area contributed by atoms with Crippen LogP contribution in [-0.2, 0) is 0 Å². The molecule has 1 rings (SSSR count).